The summed E-state index contributed by atoms with van der Waals surface area (Å²) in [5.41, 5.74) is 0. The van der Waals surface area contributed by atoms with E-state index in [2.05, 4.69) is 0 Å². The van der Waals surface area contributed by atoms with Crippen LogP contribution in [0.2, 0.25) is 0 Å². The van der Waals surface area contributed by atoms with Crippen molar-refractivity contribution in [2.45, 2.75) is 0 Å². The van der Waals surface area contributed by atoms with Crippen molar-refractivity contribution in [1.82, 2.24) is 0 Å². The largest absolute Gasteiger partial charge is 2.00 e. The van der Waals surface area contributed by atoms with Crippen LogP contribution in [0.5, 0.6) is 0 Å². The van der Waals surface area contributed by atoms with Gasteiger partial charge in [-0.1, -0.05) is 0 Å². The maximum atomic E-state index is 0. The summed E-state index contributed by atoms with van der Waals surface area (Å²) in [7, 11) is 0. The van der Waals surface area contributed by atoms with Crippen molar-refractivity contribution in [3.05, 3.63) is 0 Å². The van der Waals surface area contributed by atoms with E-state index in [4.69, 9.17) is 0 Å². The van der Waals surface area contributed by atoms with Gasteiger partial charge < -0.3 is 34.1 Å². The molecule has 0 saturated carbocycles. The van der Waals surface area contributed by atoms with Gasteiger partial charge in [0.25, 0.3) is 0 Å². The van der Waals surface area contributed by atoms with Crippen LogP contribution in [0, 0.1) is 0 Å². The number of hydrogen-bond donors (Lipinski definition) is 0. The van der Waals surface area contributed by atoms with Crippen molar-refractivity contribution in [3.63, 3.8) is 0 Å². The van der Waals surface area contributed by atoms with Gasteiger partial charge in [0, 0.05) is 0 Å². The number of rotatable bonds is 0. The Morgan fingerprint density at radius 1 is 0.833 bits per heavy atom. The molecule has 0 aliphatic carbocycles. The smallest absolute Gasteiger partial charge is 2.00 e. The summed E-state index contributed by atoms with van der Waals surface area (Å²) in [6.45, 7) is 0. The van der Waals surface area contributed by atoms with E-state index in [1.54, 1.807) is 0 Å². The normalized spacial score (nSPS) is 0. The second-order valence-corrected chi connectivity index (χ2v) is 0. The summed E-state index contributed by atoms with van der Waals surface area (Å²) in [6, 6.07) is 0. The minimum atomic E-state index is 0. The second-order valence-electron chi connectivity index (χ2n) is 0. The first-order valence-corrected chi connectivity index (χ1v) is 0. The molecule has 0 aliphatic rings. The summed E-state index contributed by atoms with van der Waals surface area (Å²) in [6.07, 6.45) is 0. The molecule has 0 aromatic heterocycles. The Labute approximate surface area is 99.8 Å². The molecular formula is H4CuSSe3Zn. The van der Waals surface area contributed by atoms with Gasteiger partial charge in [0.1, 0.15) is 0 Å². The van der Waals surface area contributed by atoms with Crippen molar-refractivity contribution >= 4 is 64.7 Å². The zero-order valence-electron chi connectivity index (χ0n) is 2.83. The fourth-order valence-corrected chi connectivity index (χ4v) is 0. The minimum Gasteiger partial charge on any atom is 2.00 e. The first kappa shape index (κ1) is 63.0. The van der Waals surface area contributed by atoms with Crippen LogP contribution < -0.4 is 0 Å². The Bertz CT molecular complexity index is 10.8. The first-order valence-electron chi connectivity index (χ1n) is 0. The third kappa shape index (κ3) is 27.7. The summed E-state index contributed by atoms with van der Waals surface area (Å²) in [5.74, 6) is 0. The van der Waals surface area contributed by atoms with Crippen LogP contribution >= 0.6 is 13.5 Å². The molecule has 0 aromatic rings. The molecule has 0 fully saturated rings. The third-order valence-electron chi connectivity index (χ3n) is 0. The van der Waals surface area contributed by atoms with Gasteiger partial charge in [0.05, 0.1) is 0 Å². The van der Waals surface area contributed by atoms with Crippen LogP contribution in [0.4, 0.5) is 0 Å². The molecule has 41 valence electrons. The van der Waals surface area contributed by atoms with E-state index < -0.39 is 0 Å². The van der Waals surface area contributed by atoms with E-state index in [1.807, 2.05) is 0 Å². The summed E-state index contributed by atoms with van der Waals surface area (Å²) >= 11 is 0. The van der Waals surface area contributed by atoms with Crippen molar-refractivity contribution in [1.29, 1.82) is 0 Å². The molecule has 0 unspecified atom stereocenters. The van der Waals surface area contributed by atoms with E-state index >= 15 is 0 Å². The van der Waals surface area contributed by atoms with E-state index in [9.17, 15) is 0 Å². The maximum absolute atomic E-state index is 0. The van der Waals surface area contributed by atoms with Gasteiger partial charge in [-0.15, -0.1) is 0 Å². The van der Waals surface area contributed by atoms with Crippen molar-refractivity contribution in [3.8, 4) is 0 Å². The Balaban J connectivity index is 0. The van der Waals surface area contributed by atoms with Crippen LogP contribution in [0.15, 0.2) is 0 Å². The molecule has 0 N–H and O–H groups in total. The number of hydrogen-bond acceptors (Lipinski definition) is 0. The minimum absolute atomic E-state index is 0. The molecule has 6 heteroatoms. The van der Waals surface area contributed by atoms with Gasteiger partial charge in [0.2, 0.25) is 0 Å². The molecule has 0 nitrogen and oxygen atoms in total. The Morgan fingerprint density at radius 3 is 0.833 bits per heavy atom. The Hall–Kier alpha value is 3.05. The standard InChI is InChI=1S/Cu.H2S.H2Se.2Se.Zn/h;2*1H2;;;/q+2;;;2*-2;+2. The molecule has 1 radical (unpaired) electrons. The monoisotopic (exact) mass is 403 g/mol. The predicted octanol–water partition coefficient (Wildman–Crippen LogP) is -1.57. The van der Waals surface area contributed by atoms with Gasteiger partial charge in [-0.05, 0) is 0 Å². The van der Waals surface area contributed by atoms with E-state index in [1.165, 1.54) is 0 Å². The first-order chi connectivity index (χ1) is 0. The topological polar surface area (TPSA) is 0 Å². The van der Waals surface area contributed by atoms with Gasteiger partial charge >= 0.3 is 53.6 Å². The fourth-order valence-electron chi connectivity index (χ4n) is 0. The molecule has 0 aromatic carbocycles. The second kappa shape index (κ2) is 43.0. The molecule has 0 spiro atoms. The summed E-state index contributed by atoms with van der Waals surface area (Å²) in [5, 5.41) is 0. The van der Waals surface area contributed by atoms with Crippen molar-refractivity contribution in [2.75, 3.05) is 0 Å². The van der Waals surface area contributed by atoms with Crippen LogP contribution in [0.3, 0.4) is 0 Å². The van der Waals surface area contributed by atoms with Gasteiger partial charge in [0.15, 0.2) is 0 Å². The fraction of sp³-hybridized carbons (Fsp3) is 0. The molecule has 6 heavy (non-hydrogen) atoms. The molecule has 0 atom stereocenters. The van der Waals surface area contributed by atoms with Gasteiger partial charge in [-0.3, -0.25) is 0 Å². The zero-order valence-corrected chi connectivity index (χ0v) is 13.3. The van der Waals surface area contributed by atoms with Gasteiger partial charge in [-0.2, -0.15) is 13.5 Å². The maximum Gasteiger partial charge on any atom is 2.00 e. The SMILES string of the molecule is S.[Cu+2].[Se-2].[Se-2].[SeH2].[Zn+2]. The quantitative estimate of drug-likeness (QED) is 0.430. The molecular weight excluding hydrogens is 398 g/mol. The average Bonchev–Trinajstić information content (AvgIpc) is 0. The molecule has 0 heterocycles. The van der Waals surface area contributed by atoms with Crippen LogP contribution in [0.25, 0.3) is 0 Å². The van der Waals surface area contributed by atoms with Crippen molar-refractivity contribution < 1.29 is 36.5 Å². The molecule has 0 amide bonds. The Morgan fingerprint density at radius 2 is 0.833 bits per heavy atom. The summed E-state index contributed by atoms with van der Waals surface area (Å²) in [4.78, 5) is 0. The molecule has 0 rings (SSSR count). The zero-order chi connectivity index (χ0) is 0. The molecule has 0 bridgehead atoms. The Kier molecular flexibility index (Phi) is 452. The molecule has 0 saturated heterocycles. The van der Waals surface area contributed by atoms with E-state index in [0.717, 1.165) is 0 Å². The summed E-state index contributed by atoms with van der Waals surface area (Å²) < 4.78 is 0. The predicted molar refractivity (Wildman–Crippen MR) is 30.4 cm³/mol. The average molecular weight is 402 g/mol. The van der Waals surface area contributed by atoms with E-state index in [-0.39, 0.29) is 101 Å². The van der Waals surface area contributed by atoms with Crippen molar-refractivity contribution in [2.24, 2.45) is 0 Å². The van der Waals surface area contributed by atoms with Gasteiger partial charge in [-0.25, -0.2) is 0 Å². The van der Waals surface area contributed by atoms with Crippen LogP contribution in [0.1, 0.15) is 0 Å². The molecule has 0 aliphatic heterocycles. The third-order valence-corrected chi connectivity index (χ3v) is 0. The van der Waals surface area contributed by atoms with Crippen LogP contribution in [-0.4, -0.2) is 51.2 Å². The van der Waals surface area contributed by atoms with E-state index in [0.29, 0.717) is 0 Å². The van der Waals surface area contributed by atoms with Crippen LogP contribution in [-0.2, 0) is 36.5 Å².